The van der Waals surface area contributed by atoms with Gasteiger partial charge in [0.15, 0.2) is 6.10 Å². The number of ether oxygens (including phenoxy) is 1. The van der Waals surface area contributed by atoms with Gasteiger partial charge in [-0.1, -0.05) is 30.3 Å². The Hall–Kier alpha value is -2.67. The number of nitrogens with zero attached hydrogens (tertiary/aromatic N) is 1. The molecule has 1 aromatic heterocycles. The molecule has 0 saturated carbocycles. The highest BCUT2D eigenvalue weighted by Crippen LogP contribution is 2.19. The molecule has 1 heterocycles. The molecule has 1 N–H and O–H groups in total. The van der Waals surface area contributed by atoms with Crippen molar-refractivity contribution in [1.82, 2.24) is 0 Å². The standard InChI is InChI=1S/C15H15NO6/c1-10(16(19)20)15(18)13-7-12(17)14(9-22-13)21-8-11-5-3-2-4-6-11/h2-7,9-10,15,18H,8H2,1H3/t10-,15+/m0/s1. The zero-order valence-electron chi connectivity index (χ0n) is 11.8. The van der Waals surface area contributed by atoms with Crippen molar-refractivity contribution >= 4 is 0 Å². The summed E-state index contributed by atoms with van der Waals surface area (Å²) < 4.78 is 10.4. The highest BCUT2D eigenvalue weighted by molar-refractivity contribution is 5.20. The lowest BCUT2D eigenvalue weighted by Gasteiger charge is -2.11. The molecule has 0 unspecified atom stereocenters. The first-order chi connectivity index (χ1) is 10.5. The zero-order chi connectivity index (χ0) is 16.1. The Morgan fingerprint density at radius 2 is 2.05 bits per heavy atom. The molecule has 0 spiro atoms. The van der Waals surface area contributed by atoms with Gasteiger partial charge in [0, 0.05) is 17.9 Å². The van der Waals surface area contributed by atoms with Crippen molar-refractivity contribution in [3.8, 4) is 5.75 Å². The summed E-state index contributed by atoms with van der Waals surface area (Å²) in [6.45, 7) is 1.42. The first-order valence-electron chi connectivity index (χ1n) is 6.60. The smallest absolute Gasteiger partial charge is 0.243 e. The summed E-state index contributed by atoms with van der Waals surface area (Å²) >= 11 is 0. The van der Waals surface area contributed by atoms with Crippen LogP contribution in [-0.4, -0.2) is 16.1 Å². The summed E-state index contributed by atoms with van der Waals surface area (Å²) in [5.74, 6) is -0.185. The van der Waals surface area contributed by atoms with E-state index >= 15 is 0 Å². The number of hydrogen-bond acceptors (Lipinski definition) is 6. The van der Waals surface area contributed by atoms with Crippen molar-refractivity contribution in [2.24, 2.45) is 0 Å². The highest BCUT2D eigenvalue weighted by atomic mass is 16.6. The van der Waals surface area contributed by atoms with Crippen molar-refractivity contribution in [2.45, 2.75) is 25.7 Å². The third-order valence-corrected chi connectivity index (χ3v) is 3.14. The maximum atomic E-state index is 11.9. The molecule has 2 aromatic rings. The molecular formula is C15H15NO6. The number of rotatable bonds is 6. The molecule has 2 rings (SSSR count). The summed E-state index contributed by atoms with van der Waals surface area (Å²) in [7, 11) is 0. The molecule has 0 saturated heterocycles. The van der Waals surface area contributed by atoms with Crippen LogP contribution in [0, 0.1) is 10.1 Å². The molecular weight excluding hydrogens is 290 g/mol. The number of aliphatic hydroxyl groups excluding tert-OH is 1. The quantitative estimate of drug-likeness (QED) is 0.646. The van der Waals surface area contributed by atoms with Crippen molar-refractivity contribution in [2.75, 3.05) is 0 Å². The highest BCUT2D eigenvalue weighted by Gasteiger charge is 2.28. The Kier molecular flexibility index (Phi) is 4.90. The van der Waals surface area contributed by atoms with Gasteiger partial charge in [-0.05, 0) is 5.56 Å². The second-order valence-electron chi connectivity index (χ2n) is 4.76. The maximum absolute atomic E-state index is 11.9. The molecule has 0 aliphatic rings. The lowest BCUT2D eigenvalue weighted by atomic mass is 10.1. The largest absolute Gasteiger partial charge is 0.482 e. The van der Waals surface area contributed by atoms with E-state index in [0.717, 1.165) is 17.9 Å². The second-order valence-corrected chi connectivity index (χ2v) is 4.76. The predicted octanol–water partition coefficient (Wildman–Crippen LogP) is 1.92. The third-order valence-electron chi connectivity index (χ3n) is 3.14. The van der Waals surface area contributed by atoms with Crippen molar-refractivity contribution in [1.29, 1.82) is 0 Å². The molecule has 7 heteroatoms. The minimum absolute atomic E-state index is 0.0199. The van der Waals surface area contributed by atoms with Crippen LogP contribution in [0.2, 0.25) is 0 Å². The van der Waals surface area contributed by atoms with Crippen molar-refractivity contribution < 1.29 is 19.2 Å². The minimum atomic E-state index is -1.49. The molecule has 0 fully saturated rings. The second kappa shape index (κ2) is 6.86. The number of aliphatic hydroxyl groups is 1. The van der Waals surface area contributed by atoms with Crippen LogP contribution in [-0.2, 0) is 6.61 Å². The Morgan fingerprint density at radius 3 is 2.64 bits per heavy atom. The lowest BCUT2D eigenvalue weighted by Crippen LogP contribution is -2.24. The fourth-order valence-electron chi connectivity index (χ4n) is 1.76. The van der Waals surface area contributed by atoms with E-state index in [1.165, 1.54) is 6.92 Å². The van der Waals surface area contributed by atoms with Gasteiger partial charge >= 0.3 is 0 Å². The topological polar surface area (TPSA) is 103 Å². The van der Waals surface area contributed by atoms with Gasteiger partial charge < -0.3 is 14.3 Å². The molecule has 7 nitrogen and oxygen atoms in total. The fourth-order valence-corrected chi connectivity index (χ4v) is 1.76. The van der Waals surface area contributed by atoms with E-state index in [4.69, 9.17) is 9.15 Å². The summed E-state index contributed by atoms with van der Waals surface area (Å²) in [6.07, 6.45) is -0.442. The number of benzene rings is 1. The average Bonchev–Trinajstić information content (AvgIpc) is 2.53. The summed E-state index contributed by atoms with van der Waals surface area (Å²) in [5, 5.41) is 20.4. The molecule has 0 radical (unpaired) electrons. The van der Waals surface area contributed by atoms with Crippen LogP contribution in [0.4, 0.5) is 0 Å². The van der Waals surface area contributed by atoms with Gasteiger partial charge in [-0.15, -0.1) is 0 Å². The van der Waals surface area contributed by atoms with Crippen LogP contribution >= 0.6 is 0 Å². The lowest BCUT2D eigenvalue weighted by molar-refractivity contribution is -0.531. The molecule has 1 aromatic carbocycles. The fraction of sp³-hybridized carbons (Fsp3) is 0.267. The Balaban J connectivity index is 2.10. The van der Waals surface area contributed by atoms with Gasteiger partial charge in [0.05, 0.1) is 0 Å². The molecule has 116 valence electrons. The monoisotopic (exact) mass is 305 g/mol. The van der Waals surface area contributed by atoms with Crippen LogP contribution in [0.5, 0.6) is 5.75 Å². The van der Waals surface area contributed by atoms with Crippen LogP contribution in [0.3, 0.4) is 0 Å². The third kappa shape index (κ3) is 3.70. The van der Waals surface area contributed by atoms with E-state index in [9.17, 15) is 20.0 Å². The molecule has 0 amide bonds. The summed E-state index contributed by atoms with van der Waals surface area (Å²) in [5.41, 5.74) is 0.375. The SMILES string of the molecule is C[C@@H]([C@@H](O)c1cc(=O)c(OCc2ccccc2)co1)[N+](=O)[O-]. The van der Waals surface area contributed by atoms with Gasteiger partial charge in [0.2, 0.25) is 17.2 Å². The van der Waals surface area contributed by atoms with Gasteiger partial charge in [-0.2, -0.15) is 0 Å². The molecule has 0 aliphatic carbocycles. The van der Waals surface area contributed by atoms with Crippen LogP contribution in [0.25, 0.3) is 0 Å². The van der Waals surface area contributed by atoms with Gasteiger partial charge in [-0.25, -0.2) is 0 Å². The van der Waals surface area contributed by atoms with Gasteiger partial charge in [0.1, 0.15) is 18.6 Å². The Bertz CT molecular complexity index is 697. The predicted molar refractivity (Wildman–Crippen MR) is 77.2 cm³/mol. The van der Waals surface area contributed by atoms with E-state index in [0.29, 0.717) is 0 Å². The zero-order valence-corrected chi connectivity index (χ0v) is 11.8. The van der Waals surface area contributed by atoms with E-state index in [-0.39, 0.29) is 18.1 Å². The summed E-state index contributed by atoms with van der Waals surface area (Å²) in [4.78, 5) is 21.9. The first-order valence-corrected chi connectivity index (χ1v) is 6.60. The van der Waals surface area contributed by atoms with E-state index in [1.807, 2.05) is 30.3 Å². The van der Waals surface area contributed by atoms with Crippen molar-refractivity contribution in [3.63, 3.8) is 0 Å². The molecule has 0 bridgehead atoms. The number of nitro groups is 1. The van der Waals surface area contributed by atoms with Crippen LogP contribution < -0.4 is 10.2 Å². The Morgan fingerprint density at radius 1 is 1.36 bits per heavy atom. The van der Waals surface area contributed by atoms with Crippen LogP contribution in [0.1, 0.15) is 24.4 Å². The Labute approximate surface area is 125 Å². The van der Waals surface area contributed by atoms with Gasteiger partial charge in [-0.3, -0.25) is 14.9 Å². The first kappa shape index (κ1) is 15.7. The molecule has 2 atom stereocenters. The number of hydrogen-bond donors (Lipinski definition) is 1. The van der Waals surface area contributed by atoms with Crippen molar-refractivity contribution in [3.05, 3.63) is 74.3 Å². The summed E-state index contributed by atoms with van der Waals surface area (Å²) in [6, 6.07) is 8.98. The molecule has 0 aliphatic heterocycles. The normalized spacial score (nSPS) is 13.4. The van der Waals surface area contributed by atoms with E-state index in [1.54, 1.807) is 0 Å². The molecule has 22 heavy (non-hydrogen) atoms. The van der Waals surface area contributed by atoms with Crippen LogP contribution in [0.15, 0.2) is 51.9 Å². The minimum Gasteiger partial charge on any atom is -0.482 e. The van der Waals surface area contributed by atoms with E-state index in [2.05, 4.69) is 0 Å². The van der Waals surface area contributed by atoms with Gasteiger partial charge in [0.25, 0.3) is 0 Å². The average molecular weight is 305 g/mol. The van der Waals surface area contributed by atoms with E-state index < -0.39 is 22.5 Å². The maximum Gasteiger partial charge on any atom is 0.243 e.